The van der Waals surface area contributed by atoms with Gasteiger partial charge in [-0.25, -0.2) is 4.98 Å². The number of ketones is 1. The summed E-state index contributed by atoms with van der Waals surface area (Å²) in [7, 11) is 0. The van der Waals surface area contributed by atoms with Crippen LogP contribution in [0.25, 0.3) is 11.0 Å². The van der Waals surface area contributed by atoms with E-state index in [9.17, 15) is 4.79 Å². The fraction of sp³-hybridized carbons (Fsp3) is 0.500. The summed E-state index contributed by atoms with van der Waals surface area (Å²) in [5.74, 6) is 0.214. The molecule has 0 aliphatic carbocycles. The number of nitrogens with zero attached hydrogens (tertiary/aromatic N) is 1. The molecule has 0 radical (unpaired) electrons. The minimum Gasteiger partial charge on any atom is -0.345 e. The van der Waals surface area contributed by atoms with E-state index in [4.69, 9.17) is 0 Å². The molecule has 0 aromatic carbocycles. The number of Topliss-reactive ketones (excluding diaryl/α,β-unsaturated/α-hetero) is 1. The van der Waals surface area contributed by atoms with E-state index in [1.165, 1.54) is 25.7 Å². The minimum atomic E-state index is 0.214. The molecular weight excluding hydrogens is 316 g/mol. The number of hydrogen-bond donors (Lipinski definition) is 1. The van der Waals surface area contributed by atoms with Gasteiger partial charge in [-0.15, -0.1) is 0 Å². The number of halogens is 1. The lowest BCUT2D eigenvalue weighted by molar-refractivity contribution is 0.0980. The van der Waals surface area contributed by atoms with E-state index in [1.807, 2.05) is 6.07 Å². The van der Waals surface area contributed by atoms with E-state index in [0.717, 1.165) is 33.9 Å². The summed E-state index contributed by atoms with van der Waals surface area (Å²) in [5.41, 5.74) is 1.54. The minimum absolute atomic E-state index is 0.214. The van der Waals surface area contributed by atoms with Crippen LogP contribution in [0.3, 0.4) is 0 Å². The molecule has 0 unspecified atom stereocenters. The van der Waals surface area contributed by atoms with Crippen LogP contribution in [0, 0.1) is 0 Å². The first-order valence-electron chi connectivity index (χ1n) is 7.38. The first-order valence-corrected chi connectivity index (χ1v) is 8.17. The number of fused-ring (bicyclic) bond motifs is 1. The number of rotatable bonds is 8. The van der Waals surface area contributed by atoms with E-state index in [1.54, 1.807) is 12.4 Å². The highest BCUT2D eigenvalue weighted by atomic mass is 79.9. The average molecular weight is 337 g/mol. The number of carbonyl (C=O) groups excluding carboxylic acids is 1. The molecule has 0 amide bonds. The molecule has 0 bridgehead atoms. The van der Waals surface area contributed by atoms with Crippen LogP contribution >= 0.6 is 15.9 Å². The summed E-state index contributed by atoms with van der Waals surface area (Å²) in [6, 6.07) is 1.95. The highest BCUT2D eigenvalue weighted by molar-refractivity contribution is 9.10. The lowest BCUT2D eigenvalue weighted by Crippen LogP contribution is -1.98. The number of hydrogen-bond acceptors (Lipinski definition) is 2. The molecule has 0 aliphatic rings. The Morgan fingerprint density at radius 2 is 2.00 bits per heavy atom. The van der Waals surface area contributed by atoms with Crippen LogP contribution in [-0.4, -0.2) is 15.8 Å². The van der Waals surface area contributed by atoms with Crippen LogP contribution in [0.4, 0.5) is 0 Å². The van der Waals surface area contributed by atoms with Gasteiger partial charge in [0.2, 0.25) is 0 Å². The zero-order valence-electron chi connectivity index (χ0n) is 11.9. The fourth-order valence-corrected chi connectivity index (χ4v) is 2.74. The van der Waals surface area contributed by atoms with Crippen molar-refractivity contribution < 1.29 is 4.79 Å². The Hall–Kier alpha value is -1.16. The monoisotopic (exact) mass is 336 g/mol. The topological polar surface area (TPSA) is 45.8 Å². The van der Waals surface area contributed by atoms with Crippen molar-refractivity contribution in [2.45, 2.75) is 51.9 Å². The van der Waals surface area contributed by atoms with Gasteiger partial charge in [-0.05, 0) is 28.4 Å². The standard InChI is InChI=1S/C16H21BrN2O/c1-2-3-4-5-6-7-8-15(20)14-11-19-16-13(14)9-12(17)10-18-16/h9-11H,2-8H2,1H3,(H,18,19). The Morgan fingerprint density at radius 1 is 1.25 bits per heavy atom. The van der Waals surface area contributed by atoms with Crippen molar-refractivity contribution in [3.05, 3.63) is 28.5 Å². The van der Waals surface area contributed by atoms with Crippen molar-refractivity contribution in [3.63, 3.8) is 0 Å². The maximum absolute atomic E-state index is 12.3. The number of aromatic amines is 1. The van der Waals surface area contributed by atoms with Crippen LogP contribution in [0.5, 0.6) is 0 Å². The molecular formula is C16H21BrN2O. The quantitative estimate of drug-likeness (QED) is 0.528. The van der Waals surface area contributed by atoms with E-state index in [-0.39, 0.29) is 5.78 Å². The molecule has 0 saturated heterocycles. The molecule has 2 aromatic rings. The highest BCUT2D eigenvalue weighted by Crippen LogP contribution is 2.22. The van der Waals surface area contributed by atoms with Crippen molar-refractivity contribution in [2.75, 3.05) is 0 Å². The lowest BCUT2D eigenvalue weighted by Gasteiger charge is -2.01. The van der Waals surface area contributed by atoms with Gasteiger partial charge in [-0.3, -0.25) is 4.79 Å². The van der Waals surface area contributed by atoms with Crippen molar-refractivity contribution in [1.29, 1.82) is 0 Å². The first-order chi connectivity index (χ1) is 9.72. The summed E-state index contributed by atoms with van der Waals surface area (Å²) in [6.45, 7) is 2.21. The largest absolute Gasteiger partial charge is 0.345 e. The lowest BCUT2D eigenvalue weighted by atomic mass is 10.0. The number of pyridine rings is 1. The molecule has 4 heteroatoms. The Morgan fingerprint density at radius 3 is 2.80 bits per heavy atom. The Labute approximate surface area is 128 Å². The maximum Gasteiger partial charge on any atom is 0.165 e. The van der Waals surface area contributed by atoms with Crippen molar-refractivity contribution in [1.82, 2.24) is 9.97 Å². The second-order valence-corrected chi connectivity index (χ2v) is 6.11. The van der Waals surface area contributed by atoms with E-state index >= 15 is 0 Å². The molecule has 1 N–H and O–H groups in total. The van der Waals surface area contributed by atoms with E-state index < -0.39 is 0 Å². The van der Waals surface area contributed by atoms with Gasteiger partial charge in [0.05, 0.1) is 0 Å². The number of nitrogens with one attached hydrogen (secondary N) is 1. The molecule has 0 aliphatic heterocycles. The molecule has 0 atom stereocenters. The predicted molar refractivity (Wildman–Crippen MR) is 86.1 cm³/mol. The Kier molecular flexibility index (Phi) is 5.77. The zero-order valence-corrected chi connectivity index (χ0v) is 13.5. The summed E-state index contributed by atoms with van der Waals surface area (Å²) >= 11 is 3.40. The van der Waals surface area contributed by atoms with Crippen molar-refractivity contribution >= 4 is 32.7 Å². The first kappa shape index (κ1) is 15.2. The SMILES string of the molecule is CCCCCCCCC(=O)c1c[nH]c2ncc(Br)cc12. The summed E-state index contributed by atoms with van der Waals surface area (Å²) in [5, 5.41) is 0.912. The van der Waals surface area contributed by atoms with Crippen LogP contribution in [-0.2, 0) is 0 Å². The number of unbranched alkanes of at least 4 members (excludes halogenated alkanes) is 5. The normalized spacial score (nSPS) is 11.1. The van der Waals surface area contributed by atoms with Crippen LogP contribution in [0.15, 0.2) is 22.9 Å². The zero-order chi connectivity index (χ0) is 14.4. The Balaban J connectivity index is 1.89. The molecule has 20 heavy (non-hydrogen) atoms. The van der Waals surface area contributed by atoms with Gasteiger partial charge in [0, 0.05) is 34.2 Å². The van der Waals surface area contributed by atoms with Gasteiger partial charge in [-0.2, -0.15) is 0 Å². The number of H-pyrrole nitrogens is 1. The smallest absolute Gasteiger partial charge is 0.165 e. The van der Waals surface area contributed by atoms with Gasteiger partial charge >= 0.3 is 0 Å². The summed E-state index contributed by atoms with van der Waals surface area (Å²) in [6.07, 6.45) is 11.4. The van der Waals surface area contributed by atoms with Gasteiger partial charge in [-0.1, -0.05) is 39.0 Å². The fourth-order valence-electron chi connectivity index (χ4n) is 2.41. The van der Waals surface area contributed by atoms with Gasteiger partial charge in [0.1, 0.15) is 5.65 Å². The maximum atomic E-state index is 12.3. The molecule has 3 nitrogen and oxygen atoms in total. The summed E-state index contributed by atoms with van der Waals surface area (Å²) in [4.78, 5) is 19.6. The van der Waals surface area contributed by atoms with Gasteiger partial charge in [0.25, 0.3) is 0 Å². The number of aromatic nitrogens is 2. The highest BCUT2D eigenvalue weighted by Gasteiger charge is 2.12. The van der Waals surface area contributed by atoms with Crippen molar-refractivity contribution in [3.8, 4) is 0 Å². The Bertz CT molecular complexity index is 577. The molecule has 108 valence electrons. The molecule has 2 rings (SSSR count). The van der Waals surface area contributed by atoms with E-state index in [0.29, 0.717) is 6.42 Å². The molecule has 2 heterocycles. The number of carbonyl (C=O) groups is 1. The second kappa shape index (κ2) is 7.58. The molecule has 2 aromatic heterocycles. The molecule has 0 saturated carbocycles. The summed E-state index contributed by atoms with van der Waals surface area (Å²) < 4.78 is 0.901. The van der Waals surface area contributed by atoms with Crippen LogP contribution in [0.2, 0.25) is 0 Å². The average Bonchev–Trinajstić information content (AvgIpc) is 2.85. The third kappa shape index (κ3) is 3.92. The molecule has 0 fully saturated rings. The second-order valence-electron chi connectivity index (χ2n) is 5.19. The predicted octanol–water partition coefficient (Wildman–Crippen LogP) is 5.26. The third-order valence-corrected chi connectivity index (χ3v) is 3.99. The van der Waals surface area contributed by atoms with Gasteiger partial charge in [0.15, 0.2) is 5.78 Å². The van der Waals surface area contributed by atoms with E-state index in [2.05, 4.69) is 32.8 Å². The van der Waals surface area contributed by atoms with Gasteiger partial charge < -0.3 is 4.98 Å². The van der Waals surface area contributed by atoms with Crippen LogP contribution < -0.4 is 0 Å². The van der Waals surface area contributed by atoms with Crippen molar-refractivity contribution in [2.24, 2.45) is 0 Å². The third-order valence-electron chi connectivity index (χ3n) is 3.56. The van der Waals surface area contributed by atoms with Crippen LogP contribution in [0.1, 0.15) is 62.2 Å². The molecule has 0 spiro atoms.